The minimum Gasteiger partial charge on any atom is -0.497 e. The first-order valence-electron chi connectivity index (χ1n) is 9.08. The van der Waals surface area contributed by atoms with E-state index in [0.717, 1.165) is 5.56 Å². The average Bonchev–Trinajstić information content (AvgIpc) is 3.12. The van der Waals surface area contributed by atoms with Gasteiger partial charge in [0.15, 0.2) is 5.82 Å². The first-order valence-corrected chi connectivity index (χ1v) is 10.4. The molecule has 158 valence electrons. The topological polar surface area (TPSA) is 104 Å². The van der Waals surface area contributed by atoms with E-state index in [2.05, 4.69) is 15.5 Å². The van der Waals surface area contributed by atoms with Crippen molar-refractivity contribution in [1.29, 1.82) is 0 Å². The maximum Gasteiger partial charge on any atom is 0.230 e. The van der Waals surface area contributed by atoms with Crippen molar-refractivity contribution in [2.75, 3.05) is 32.4 Å². The molecule has 1 heterocycles. The lowest BCUT2D eigenvalue weighted by molar-refractivity contribution is -0.118. The monoisotopic (exact) mass is 447 g/mol. The van der Waals surface area contributed by atoms with Gasteiger partial charge in [-0.3, -0.25) is 4.79 Å². The number of methoxy groups -OCH3 is 2. The second kappa shape index (κ2) is 10.2. The van der Waals surface area contributed by atoms with Gasteiger partial charge in [-0.25, -0.2) is 4.68 Å². The molecule has 1 aromatic heterocycles. The van der Waals surface area contributed by atoms with Gasteiger partial charge in [-0.2, -0.15) is 0 Å². The molecule has 8 nitrogen and oxygen atoms in total. The van der Waals surface area contributed by atoms with E-state index < -0.39 is 0 Å². The minimum atomic E-state index is -0.117. The molecule has 30 heavy (non-hydrogen) atoms. The predicted molar refractivity (Wildman–Crippen MR) is 118 cm³/mol. The Hall–Kier alpha value is -2.91. The van der Waals surface area contributed by atoms with Gasteiger partial charge in [-0.15, -0.1) is 10.2 Å². The number of amides is 1. The second-order valence-corrected chi connectivity index (χ2v) is 7.64. The highest BCUT2D eigenvalue weighted by Gasteiger charge is 2.17. The summed E-state index contributed by atoms with van der Waals surface area (Å²) in [4.78, 5) is 12.1. The van der Waals surface area contributed by atoms with Gasteiger partial charge in [0.25, 0.3) is 0 Å². The van der Waals surface area contributed by atoms with E-state index in [1.165, 1.54) is 16.4 Å². The van der Waals surface area contributed by atoms with E-state index in [0.29, 0.717) is 46.0 Å². The molecule has 1 amide bonds. The fraction of sp³-hybridized carbons (Fsp3) is 0.250. The number of nitrogens with zero attached hydrogens (tertiary/aromatic N) is 3. The van der Waals surface area contributed by atoms with Gasteiger partial charge in [0.05, 0.1) is 25.5 Å². The van der Waals surface area contributed by atoms with Crippen molar-refractivity contribution in [3.63, 3.8) is 0 Å². The summed E-state index contributed by atoms with van der Waals surface area (Å²) in [7, 11) is 3.13. The van der Waals surface area contributed by atoms with Crippen LogP contribution in [0.4, 0.5) is 0 Å². The van der Waals surface area contributed by atoms with Gasteiger partial charge in [0, 0.05) is 17.6 Å². The summed E-state index contributed by atoms with van der Waals surface area (Å²) in [5.41, 5.74) is 1.74. The van der Waals surface area contributed by atoms with Crippen LogP contribution in [-0.4, -0.2) is 47.3 Å². The zero-order chi connectivity index (χ0) is 21.5. The summed E-state index contributed by atoms with van der Waals surface area (Å²) < 4.78 is 11.9. The lowest BCUT2D eigenvalue weighted by Crippen LogP contribution is -2.27. The van der Waals surface area contributed by atoms with E-state index in [1.54, 1.807) is 32.4 Å². The van der Waals surface area contributed by atoms with Crippen molar-refractivity contribution < 1.29 is 14.3 Å². The number of carbonyl (C=O) groups excluding carboxylic acids is 1. The highest BCUT2D eigenvalue weighted by Crippen LogP contribution is 2.32. The average molecular weight is 448 g/mol. The van der Waals surface area contributed by atoms with Gasteiger partial charge in [0.2, 0.25) is 11.1 Å². The molecular formula is C20H22ClN5O3S. The lowest BCUT2D eigenvalue weighted by Gasteiger charge is -2.10. The number of rotatable bonds is 9. The third kappa shape index (κ3) is 5.37. The molecule has 0 aliphatic rings. The number of nitrogens with two attached hydrogens (primary N) is 1. The van der Waals surface area contributed by atoms with E-state index in [1.807, 2.05) is 24.3 Å². The molecule has 3 N–H and O–H groups in total. The molecule has 0 spiro atoms. The molecule has 0 fully saturated rings. The molecule has 10 heteroatoms. The Balaban J connectivity index is 1.57. The Morgan fingerprint density at radius 3 is 2.77 bits per heavy atom. The molecule has 0 atom stereocenters. The number of thioether (sulfide) groups is 1. The van der Waals surface area contributed by atoms with Crippen LogP contribution in [0.15, 0.2) is 47.6 Å². The van der Waals surface area contributed by atoms with Gasteiger partial charge < -0.3 is 20.6 Å². The molecular weight excluding hydrogens is 426 g/mol. The second-order valence-electron chi connectivity index (χ2n) is 6.26. The van der Waals surface area contributed by atoms with Gasteiger partial charge in [-0.1, -0.05) is 35.5 Å². The van der Waals surface area contributed by atoms with Crippen molar-refractivity contribution in [3.05, 3.63) is 53.1 Å². The number of halogens is 1. The van der Waals surface area contributed by atoms with Crippen LogP contribution in [0, 0.1) is 0 Å². The normalized spacial score (nSPS) is 10.6. The third-order valence-corrected chi connectivity index (χ3v) is 5.45. The summed E-state index contributed by atoms with van der Waals surface area (Å²) >= 11 is 7.17. The number of hydrogen-bond acceptors (Lipinski definition) is 7. The van der Waals surface area contributed by atoms with Crippen LogP contribution >= 0.6 is 23.4 Å². The van der Waals surface area contributed by atoms with Crippen LogP contribution in [-0.2, 0) is 11.2 Å². The highest BCUT2D eigenvalue weighted by molar-refractivity contribution is 7.99. The Morgan fingerprint density at radius 1 is 1.20 bits per heavy atom. The fourth-order valence-corrected chi connectivity index (χ4v) is 3.66. The van der Waals surface area contributed by atoms with Crippen molar-refractivity contribution in [2.45, 2.75) is 11.6 Å². The van der Waals surface area contributed by atoms with Gasteiger partial charge in [0.1, 0.15) is 11.5 Å². The molecule has 0 saturated heterocycles. The van der Waals surface area contributed by atoms with Crippen LogP contribution in [0.5, 0.6) is 11.5 Å². The van der Waals surface area contributed by atoms with Crippen LogP contribution in [0.2, 0.25) is 5.02 Å². The Morgan fingerprint density at radius 2 is 2.03 bits per heavy atom. The maximum absolute atomic E-state index is 12.1. The largest absolute Gasteiger partial charge is 0.497 e. The molecule has 0 radical (unpaired) electrons. The number of carbonyl (C=O) groups is 1. The first-order chi connectivity index (χ1) is 14.5. The van der Waals surface area contributed by atoms with Crippen LogP contribution < -0.4 is 20.6 Å². The zero-order valence-electron chi connectivity index (χ0n) is 16.6. The third-order valence-electron chi connectivity index (χ3n) is 4.27. The summed E-state index contributed by atoms with van der Waals surface area (Å²) in [5.74, 6) is 7.84. The van der Waals surface area contributed by atoms with E-state index in [9.17, 15) is 4.79 Å². The van der Waals surface area contributed by atoms with Crippen LogP contribution in [0.25, 0.3) is 11.4 Å². The zero-order valence-corrected chi connectivity index (χ0v) is 18.2. The standard InChI is InChI=1S/C20H22ClN5O3S/c1-28-15-6-7-16(17(11-15)29-2)19-24-25-20(26(19)22)30-12-18(27)23-9-8-13-4-3-5-14(21)10-13/h3-7,10-11H,8-9,12,22H2,1-2H3,(H,23,27). The summed E-state index contributed by atoms with van der Waals surface area (Å²) in [6, 6.07) is 12.9. The Labute approximate surface area is 183 Å². The smallest absolute Gasteiger partial charge is 0.230 e. The molecule has 0 bridgehead atoms. The van der Waals surface area contributed by atoms with Crippen LogP contribution in [0.3, 0.4) is 0 Å². The summed E-state index contributed by atoms with van der Waals surface area (Å²) in [6.07, 6.45) is 0.700. The highest BCUT2D eigenvalue weighted by atomic mass is 35.5. The molecule has 3 rings (SSSR count). The number of hydrogen-bond donors (Lipinski definition) is 2. The van der Waals surface area contributed by atoms with Crippen molar-refractivity contribution in [3.8, 4) is 22.9 Å². The number of aromatic nitrogens is 3. The predicted octanol–water partition coefficient (Wildman–Crippen LogP) is 2.78. The van der Waals surface area contributed by atoms with Crippen LogP contribution in [0.1, 0.15) is 5.56 Å². The van der Waals surface area contributed by atoms with Crippen molar-refractivity contribution in [2.24, 2.45) is 0 Å². The summed E-state index contributed by atoms with van der Waals surface area (Å²) in [5, 5.41) is 12.2. The van der Waals surface area contributed by atoms with E-state index in [4.69, 9.17) is 26.9 Å². The number of nitrogen functional groups attached to an aromatic ring is 1. The first kappa shape index (κ1) is 21.8. The summed E-state index contributed by atoms with van der Waals surface area (Å²) in [6.45, 7) is 0.517. The molecule has 0 aliphatic carbocycles. The van der Waals surface area contributed by atoms with Crippen molar-refractivity contribution in [1.82, 2.24) is 20.2 Å². The fourth-order valence-electron chi connectivity index (χ4n) is 2.76. The molecule has 0 aliphatic heterocycles. The molecule has 0 unspecified atom stereocenters. The van der Waals surface area contributed by atoms with E-state index in [-0.39, 0.29) is 11.7 Å². The number of benzene rings is 2. The lowest BCUT2D eigenvalue weighted by atomic mass is 10.1. The Bertz CT molecular complexity index is 1030. The molecule has 0 saturated carbocycles. The maximum atomic E-state index is 12.1. The molecule has 3 aromatic rings. The van der Waals surface area contributed by atoms with Gasteiger partial charge in [-0.05, 0) is 36.2 Å². The number of ether oxygens (including phenoxy) is 2. The quantitative estimate of drug-likeness (QED) is 0.384. The van der Waals surface area contributed by atoms with E-state index >= 15 is 0 Å². The number of nitrogens with one attached hydrogen (secondary N) is 1. The SMILES string of the molecule is COc1ccc(-c2nnc(SCC(=O)NCCc3cccc(Cl)c3)n2N)c(OC)c1. The Kier molecular flexibility index (Phi) is 7.42. The minimum absolute atomic E-state index is 0.117. The van der Waals surface area contributed by atoms with Gasteiger partial charge >= 0.3 is 0 Å². The molecule has 2 aromatic carbocycles. The van der Waals surface area contributed by atoms with Crippen molar-refractivity contribution >= 4 is 29.3 Å².